The highest BCUT2D eigenvalue weighted by Gasteiger charge is 2.71. The van der Waals surface area contributed by atoms with Crippen LogP contribution in [-0.2, 0) is 23.0 Å². The van der Waals surface area contributed by atoms with Gasteiger partial charge in [0.1, 0.15) is 25.6 Å². The van der Waals surface area contributed by atoms with Gasteiger partial charge in [-0.15, -0.1) is 0 Å². The number of carboxylic acid groups (broad SMARTS) is 1. The zero-order valence-corrected chi connectivity index (χ0v) is 21.0. The molecule has 0 spiro atoms. The van der Waals surface area contributed by atoms with Crippen molar-refractivity contribution in [3.05, 3.63) is 95.1 Å². The lowest BCUT2D eigenvalue weighted by Gasteiger charge is -2.35. The number of hydrogen-bond acceptors (Lipinski definition) is 6. The number of aliphatic hydroxyl groups excluding tert-OH is 1. The molecule has 3 N–H and O–H groups in total. The van der Waals surface area contributed by atoms with E-state index < -0.39 is 48.6 Å². The number of carboxylic acids is 1. The third kappa shape index (κ3) is 7.74. The van der Waals surface area contributed by atoms with E-state index >= 15 is 0 Å². The predicted molar refractivity (Wildman–Crippen MR) is 131 cm³/mol. The Hall–Kier alpha value is -4.14. The van der Waals surface area contributed by atoms with Crippen molar-refractivity contribution in [1.82, 2.24) is 0 Å². The Morgan fingerprint density at radius 2 is 1.34 bits per heavy atom. The number of aliphatic hydroxyl groups is 1. The smallest absolute Gasteiger partial charge is 0.408 e. The van der Waals surface area contributed by atoms with Crippen LogP contribution in [0.4, 0.5) is 32.0 Å². The summed E-state index contributed by atoms with van der Waals surface area (Å²) in [4.78, 5) is 34.8. The average molecular weight is 587 g/mol. The van der Waals surface area contributed by atoms with Crippen molar-refractivity contribution in [2.75, 3.05) is 18.5 Å². The van der Waals surface area contributed by atoms with E-state index in [9.17, 15) is 41.0 Å². The summed E-state index contributed by atoms with van der Waals surface area (Å²) in [5, 5.41) is 20.8. The van der Waals surface area contributed by atoms with Crippen LogP contribution in [0, 0.1) is 5.41 Å². The third-order valence-corrected chi connectivity index (χ3v) is 5.89. The molecule has 0 saturated carbocycles. The second-order valence-corrected chi connectivity index (χ2v) is 8.70. The van der Waals surface area contributed by atoms with E-state index in [1.165, 1.54) is 18.2 Å². The monoisotopic (exact) mass is 587 g/mol. The van der Waals surface area contributed by atoms with Gasteiger partial charge in [0.05, 0.1) is 17.7 Å². The zero-order chi connectivity index (χ0) is 30.3. The lowest BCUT2D eigenvalue weighted by Crippen LogP contribution is -2.56. The molecule has 8 nitrogen and oxygen atoms in total. The van der Waals surface area contributed by atoms with Crippen molar-refractivity contribution < 1.29 is 60.7 Å². The molecule has 0 bridgehead atoms. The van der Waals surface area contributed by atoms with Gasteiger partial charge < -0.3 is 20.3 Å². The third-order valence-electron chi connectivity index (χ3n) is 5.89. The molecule has 0 heterocycles. The number of aromatic carboxylic acids is 1. The van der Waals surface area contributed by atoms with Crippen molar-refractivity contribution in [3.8, 4) is 5.75 Å². The van der Waals surface area contributed by atoms with E-state index in [0.29, 0.717) is 5.56 Å². The number of hydrogen-bond donors (Lipinski definition) is 3. The average Bonchev–Trinajstić information content (AvgIpc) is 2.91. The first-order chi connectivity index (χ1) is 19.3. The van der Waals surface area contributed by atoms with Crippen LogP contribution in [-0.4, -0.2) is 47.7 Å². The molecule has 0 atom stereocenters. The summed E-state index contributed by atoms with van der Waals surface area (Å²) in [6, 6.07) is 17.2. The molecule has 3 aromatic carbocycles. The number of halogens is 6. The van der Waals surface area contributed by atoms with Gasteiger partial charge in [-0.1, -0.05) is 36.4 Å². The molecule has 1 amide bonds. The molecule has 0 unspecified atom stereocenters. The van der Waals surface area contributed by atoms with Gasteiger partial charge in [0.2, 0.25) is 5.41 Å². The Morgan fingerprint density at radius 1 is 0.756 bits per heavy atom. The van der Waals surface area contributed by atoms with Crippen LogP contribution in [0.25, 0.3) is 0 Å². The van der Waals surface area contributed by atoms with E-state index in [1.807, 2.05) is 30.3 Å². The first-order valence-electron chi connectivity index (χ1n) is 11.7. The normalized spacial score (nSPS) is 12.2. The molecular weight excluding hydrogens is 564 g/mol. The molecule has 0 aliphatic carbocycles. The lowest BCUT2D eigenvalue weighted by atomic mass is 9.88. The minimum Gasteiger partial charge on any atom is -0.492 e. The van der Waals surface area contributed by atoms with Gasteiger partial charge in [-0.25, -0.2) is 14.6 Å². The summed E-state index contributed by atoms with van der Waals surface area (Å²) in [5.74, 6) is -2.67. The Morgan fingerprint density at radius 3 is 1.88 bits per heavy atom. The van der Waals surface area contributed by atoms with E-state index in [4.69, 9.17) is 14.9 Å². The largest absolute Gasteiger partial charge is 0.492 e. The molecule has 0 radical (unpaired) electrons. The molecule has 3 aromatic rings. The predicted octanol–water partition coefficient (Wildman–Crippen LogP) is 5.77. The Bertz CT molecular complexity index is 1310. The molecule has 3 rings (SSSR count). The fourth-order valence-corrected chi connectivity index (χ4v) is 3.44. The maximum absolute atomic E-state index is 13.2. The molecule has 220 valence electrons. The molecule has 14 heteroatoms. The first kappa shape index (κ1) is 31.4. The van der Waals surface area contributed by atoms with Crippen LogP contribution >= 0.6 is 0 Å². The minimum absolute atomic E-state index is 0.0339. The van der Waals surface area contributed by atoms with E-state index in [0.717, 1.165) is 29.8 Å². The van der Waals surface area contributed by atoms with Crippen molar-refractivity contribution in [3.63, 3.8) is 0 Å². The minimum atomic E-state index is -5.84. The van der Waals surface area contributed by atoms with Crippen molar-refractivity contribution in [2.45, 2.75) is 25.6 Å². The Kier molecular flexibility index (Phi) is 9.97. The highest BCUT2D eigenvalue weighted by atomic mass is 19.4. The quantitative estimate of drug-likeness (QED) is 0.107. The van der Waals surface area contributed by atoms with Gasteiger partial charge in [-0.2, -0.15) is 26.3 Å². The molecule has 0 aromatic heterocycles. The lowest BCUT2D eigenvalue weighted by molar-refractivity contribution is -0.355. The summed E-state index contributed by atoms with van der Waals surface area (Å²) in [7, 11) is 0. The fraction of sp³-hybridized carbons (Fsp3) is 0.259. The van der Waals surface area contributed by atoms with Crippen molar-refractivity contribution in [2.24, 2.45) is 5.41 Å². The van der Waals surface area contributed by atoms with Crippen molar-refractivity contribution >= 4 is 17.6 Å². The van der Waals surface area contributed by atoms with E-state index in [-0.39, 0.29) is 30.0 Å². The van der Waals surface area contributed by atoms with Crippen LogP contribution in [0.3, 0.4) is 0 Å². The number of carbonyl (C=O) groups is 2. The van der Waals surface area contributed by atoms with Crippen LogP contribution in [0.5, 0.6) is 5.75 Å². The molecule has 0 aliphatic heterocycles. The van der Waals surface area contributed by atoms with Gasteiger partial charge in [0.15, 0.2) is 0 Å². The van der Waals surface area contributed by atoms with Gasteiger partial charge in [-0.3, -0.25) is 4.79 Å². The standard InChI is InChI=1S/C27H23F6NO7/c28-26(29,30)25(15-35,27(31,32)33)16-39-20-9-7-19(8-10-20)34-23(36)22-12-18(6-11-21(22)24(37)38)14-41-40-13-17-4-2-1-3-5-17/h1-12,35H,13-16H2,(H,34,36)(H,37,38). The number of carbonyl (C=O) groups excluding carboxylic acids is 1. The maximum atomic E-state index is 13.2. The highest BCUT2D eigenvalue weighted by Crippen LogP contribution is 2.50. The molecule has 0 fully saturated rings. The summed E-state index contributed by atoms with van der Waals surface area (Å²) in [5.41, 5.74) is -3.80. The first-order valence-corrected chi connectivity index (χ1v) is 11.7. The van der Waals surface area contributed by atoms with Crippen LogP contribution < -0.4 is 10.1 Å². The molecular formula is C27H23F6NO7. The zero-order valence-electron chi connectivity index (χ0n) is 21.0. The Balaban J connectivity index is 1.66. The molecule has 0 aliphatic rings. The molecule has 41 heavy (non-hydrogen) atoms. The fourth-order valence-electron chi connectivity index (χ4n) is 3.44. The van der Waals surface area contributed by atoms with Gasteiger partial charge in [0.25, 0.3) is 5.91 Å². The number of nitrogens with one attached hydrogen (secondary N) is 1. The van der Waals surface area contributed by atoms with Gasteiger partial charge in [0, 0.05) is 5.69 Å². The SMILES string of the molecule is O=C(O)c1ccc(COOCc2ccccc2)cc1C(=O)Nc1ccc(OCC(CO)(C(F)(F)F)C(F)(F)F)cc1. The van der Waals surface area contributed by atoms with Gasteiger partial charge in [-0.05, 0) is 47.5 Å². The maximum Gasteiger partial charge on any atom is 0.408 e. The summed E-state index contributed by atoms with van der Waals surface area (Å²) in [6.45, 7) is -4.18. The van der Waals surface area contributed by atoms with E-state index in [2.05, 4.69) is 10.1 Å². The number of amides is 1. The number of anilines is 1. The van der Waals surface area contributed by atoms with Gasteiger partial charge >= 0.3 is 18.3 Å². The number of alkyl halides is 6. The van der Waals surface area contributed by atoms with Crippen LogP contribution in [0.2, 0.25) is 0 Å². The summed E-state index contributed by atoms with van der Waals surface area (Å²) in [6.07, 6.45) is -11.7. The number of ether oxygens (including phenoxy) is 1. The summed E-state index contributed by atoms with van der Waals surface area (Å²) < 4.78 is 83.6. The highest BCUT2D eigenvalue weighted by molar-refractivity contribution is 6.10. The number of rotatable bonds is 12. The topological polar surface area (TPSA) is 114 Å². The number of benzene rings is 3. The van der Waals surface area contributed by atoms with Crippen LogP contribution in [0.15, 0.2) is 72.8 Å². The second-order valence-electron chi connectivity index (χ2n) is 8.70. The second kappa shape index (κ2) is 13.0. The summed E-state index contributed by atoms with van der Waals surface area (Å²) >= 11 is 0. The Labute approximate surface area is 229 Å². The van der Waals surface area contributed by atoms with E-state index in [1.54, 1.807) is 0 Å². The molecule has 0 saturated heterocycles. The van der Waals surface area contributed by atoms with Crippen LogP contribution in [0.1, 0.15) is 31.8 Å². The van der Waals surface area contributed by atoms with Crippen molar-refractivity contribution in [1.29, 1.82) is 0 Å².